The lowest BCUT2D eigenvalue weighted by Crippen LogP contribution is -2.63. The van der Waals surface area contributed by atoms with Gasteiger partial charge >= 0.3 is 0 Å². The average Bonchev–Trinajstić information content (AvgIpc) is 2.83. The summed E-state index contributed by atoms with van der Waals surface area (Å²) in [6, 6.07) is 4.14. The van der Waals surface area contributed by atoms with Crippen molar-refractivity contribution in [2.24, 2.45) is 5.92 Å². The van der Waals surface area contributed by atoms with Crippen LogP contribution < -0.4 is 0 Å². The molecule has 190 valence electrons. The van der Waals surface area contributed by atoms with Crippen LogP contribution in [0.4, 0.5) is 0 Å². The second kappa shape index (κ2) is 15.7. The van der Waals surface area contributed by atoms with Crippen LogP contribution in [0.3, 0.4) is 0 Å². The third kappa shape index (κ3) is 9.56. The minimum Gasteiger partial charge on any atom is -0.394 e. The minimum atomic E-state index is -1.40. The molecular formula is C25H44N2O6. The molecule has 2 rings (SSSR count). The maximum absolute atomic E-state index is 10.3. The standard InChI is InChI=1S/C25H44N2O6/c1-19(17-27(32-2)25-24(31)23(30)22(29)21(18-28)33-25)12-9-7-5-3-4-6-8-10-13-20-14-11-15-26-16-20/h11,14-16,19,21-25,28-31H,3-10,12-13,17-18H2,1-2H3/t19?,21?,22-,23+,24?,25-/m1/s1. The Kier molecular flexibility index (Phi) is 13.4. The SMILES string of the molecule is CON(CC(C)CCCCCCCCCCc1cccnc1)[C@@H]1OC(CO)[C@@H](O)[C@H](O)C1O. The van der Waals surface area contributed by atoms with Crippen molar-refractivity contribution < 1.29 is 30.0 Å². The number of hydrogen-bond donors (Lipinski definition) is 4. The van der Waals surface area contributed by atoms with E-state index in [1.165, 1.54) is 62.7 Å². The summed E-state index contributed by atoms with van der Waals surface area (Å²) < 4.78 is 5.60. The molecule has 33 heavy (non-hydrogen) atoms. The lowest BCUT2D eigenvalue weighted by atomic mass is 9.97. The zero-order chi connectivity index (χ0) is 24.1. The molecule has 0 aliphatic carbocycles. The number of aliphatic hydroxyl groups excluding tert-OH is 4. The van der Waals surface area contributed by atoms with Crippen LogP contribution in [0, 0.1) is 5.92 Å². The maximum Gasteiger partial charge on any atom is 0.162 e. The molecule has 0 saturated carbocycles. The average molecular weight is 469 g/mol. The van der Waals surface area contributed by atoms with E-state index in [4.69, 9.17) is 9.57 Å². The van der Waals surface area contributed by atoms with E-state index in [0.29, 0.717) is 12.5 Å². The molecule has 8 nitrogen and oxygen atoms in total. The number of hydroxylamine groups is 2. The lowest BCUT2D eigenvalue weighted by Gasteiger charge is -2.44. The van der Waals surface area contributed by atoms with Crippen LogP contribution in [-0.2, 0) is 16.0 Å². The number of pyridine rings is 1. The van der Waals surface area contributed by atoms with Gasteiger partial charge in [0.1, 0.15) is 24.4 Å². The number of hydrogen-bond acceptors (Lipinski definition) is 8. The summed E-state index contributed by atoms with van der Waals surface area (Å²) in [6.45, 7) is 2.20. The van der Waals surface area contributed by atoms with E-state index in [9.17, 15) is 20.4 Å². The monoisotopic (exact) mass is 468 g/mol. The molecule has 0 radical (unpaired) electrons. The van der Waals surface area contributed by atoms with Crippen molar-refractivity contribution in [3.05, 3.63) is 30.1 Å². The van der Waals surface area contributed by atoms with Gasteiger partial charge in [-0.2, -0.15) is 5.06 Å². The summed E-state index contributed by atoms with van der Waals surface area (Å²) in [5, 5.41) is 41.1. The van der Waals surface area contributed by atoms with Gasteiger partial charge in [0, 0.05) is 18.9 Å². The highest BCUT2D eigenvalue weighted by molar-refractivity contribution is 5.08. The van der Waals surface area contributed by atoms with Gasteiger partial charge in [0.05, 0.1) is 13.7 Å². The summed E-state index contributed by atoms with van der Waals surface area (Å²) in [5.41, 5.74) is 1.32. The largest absolute Gasteiger partial charge is 0.394 e. The van der Waals surface area contributed by atoms with Gasteiger partial charge in [-0.25, -0.2) is 0 Å². The molecule has 0 spiro atoms. The number of nitrogens with zero attached hydrogens (tertiary/aromatic N) is 2. The summed E-state index contributed by atoms with van der Waals surface area (Å²) in [4.78, 5) is 9.56. The Labute approximate surface area is 198 Å². The van der Waals surface area contributed by atoms with Crippen LogP contribution in [0.25, 0.3) is 0 Å². The van der Waals surface area contributed by atoms with Crippen molar-refractivity contribution in [2.75, 3.05) is 20.3 Å². The first-order valence-electron chi connectivity index (χ1n) is 12.5. The highest BCUT2D eigenvalue weighted by Crippen LogP contribution is 2.25. The van der Waals surface area contributed by atoms with Gasteiger partial charge in [-0.1, -0.05) is 57.9 Å². The van der Waals surface area contributed by atoms with Crippen LogP contribution in [0.1, 0.15) is 70.3 Å². The van der Waals surface area contributed by atoms with E-state index in [1.807, 2.05) is 18.5 Å². The van der Waals surface area contributed by atoms with Crippen molar-refractivity contribution >= 4 is 0 Å². The zero-order valence-corrected chi connectivity index (χ0v) is 20.3. The Morgan fingerprint density at radius 1 is 1.00 bits per heavy atom. The van der Waals surface area contributed by atoms with Gasteiger partial charge in [-0.15, -0.1) is 0 Å². The molecular weight excluding hydrogens is 424 g/mol. The molecule has 3 unspecified atom stereocenters. The Hall–Kier alpha value is -1.13. The fourth-order valence-electron chi connectivity index (χ4n) is 4.43. The Morgan fingerprint density at radius 3 is 2.27 bits per heavy atom. The van der Waals surface area contributed by atoms with E-state index in [0.717, 1.165) is 19.3 Å². The van der Waals surface area contributed by atoms with Crippen molar-refractivity contribution in [3.8, 4) is 0 Å². The Morgan fingerprint density at radius 2 is 1.67 bits per heavy atom. The van der Waals surface area contributed by atoms with E-state index in [-0.39, 0.29) is 0 Å². The third-order valence-electron chi connectivity index (χ3n) is 6.51. The van der Waals surface area contributed by atoms with Crippen molar-refractivity contribution in [2.45, 2.75) is 102 Å². The van der Waals surface area contributed by atoms with Crippen LogP contribution in [0.5, 0.6) is 0 Å². The first-order valence-corrected chi connectivity index (χ1v) is 12.5. The molecule has 1 aliphatic rings. The summed E-state index contributed by atoms with van der Waals surface area (Å²) in [7, 11) is 1.49. The highest BCUT2D eigenvalue weighted by atomic mass is 16.7. The van der Waals surface area contributed by atoms with Crippen LogP contribution in [0.2, 0.25) is 0 Å². The van der Waals surface area contributed by atoms with Gasteiger partial charge in [-0.3, -0.25) is 9.82 Å². The molecule has 6 atom stereocenters. The smallest absolute Gasteiger partial charge is 0.162 e. The molecule has 2 heterocycles. The number of unbranched alkanes of at least 4 members (excludes halogenated alkanes) is 7. The third-order valence-corrected chi connectivity index (χ3v) is 6.51. The number of ether oxygens (including phenoxy) is 1. The van der Waals surface area contributed by atoms with E-state index >= 15 is 0 Å². The lowest BCUT2D eigenvalue weighted by molar-refractivity contribution is -0.330. The van der Waals surface area contributed by atoms with Crippen molar-refractivity contribution in [3.63, 3.8) is 0 Å². The molecule has 8 heteroatoms. The quantitative estimate of drug-likeness (QED) is 0.216. The molecule has 1 aromatic heterocycles. The summed E-state index contributed by atoms with van der Waals surface area (Å²) >= 11 is 0. The fourth-order valence-corrected chi connectivity index (χ4v) is 4.43. The molecule has 1 saturated heterocycles. The summed E-state index contributed by atoms with van der Waals surface area (Å²) in [5.74, 6) is 0.310. The minimum absolute atomic E-state index is 0.310. The van der Waals surface area contributed by atoms with Gasteiger partial charge in [0.25, 0.3) is 0 Å². The van der Waals surface area contributed by atoms with Crippen LogP contribution in [0.15, 0.2) is 24.5 Å². The first kappa shape index (κ1) is 28.1. The molecule has 4 N–H and O–H groups in total. The topological polar surface area (TPSA) is 116 Å². The molecule has 1 aromatic rings. The molecule has 0 bridgehead atoms. The van der Waals surface area contributed by atoms with Gasteiger partial charge in [-0.05, 0) is 36.8 Å². The number of aromatic nitrogens is 1. The molecule has 1 fully saturated rings. The maximum atomic E-state index is 10.3. The normalized spacial score (nSPS) is 26.6. The number of rotatable bonds is 16. The van der Waals surface area contributed by atoms with Gasteiger partial charge in [0.15, 0.2) is 6.23 Å². The molecule has 0 amide bonds. The Balaban J connectivity index is 1.54. The second-order valence-electron chi connectivity index (χ2n) is 9.34. The van der Waals surface area contributed by atoms with E-state index in [2.05, 4.69) is 18.0 Å². The van der Waals surface area contributed by atoms with E-state index in [1.54, 1.807) is 0 Å². The van der Waals surface area contributed by atoms with E-state index < -0.39 is 37.3 Å². The van der Waals surface area contributed by atoms with Gasteiger partial charge < -0.3 is 25.2 Å². The first-order chi connectivity index (χ1) is 16.0. The predicted molar refractivity (Wildman–Crippen MR) is 126 cm³/mol. The zero-order valence-electron chi connectivity index (χ0n) is 20.3. The summed E-state index contributed by atoms with van der Waals surface area (Å²) in [6.07, 6.45) is 9.91. The highest BCUT2D eigenvalue weighted by Gasteiger charge is 2.46. The fraction of sp³-hybridized carbons (Fsp3) is 0.800. The van der Waals surface area contributed by atoms with Crippen LogP contribution in [-0.4, -0.2) is 81.4 Å². The predicted octanol–water partition coefficient (Wildman–Crippen LogP) is 2.43. The second-order valence-corrected chi connectivity index (χ2v) is 9.34. The molecule has 1 aliphatic heterocycles. The van der Waals surface area contributed by atoms with Crippen molar-refractivity contribution in [1.29, 1.82) is 0 Å². The van der Waals surface area contributed by atoms with Crippen molar-refractivity contribution in [1.82, 2.24) is 10.0 Å². The number of aliphatic hydroxyl groups is 4. The number of aryl methyl sites for hydroxylation is 1. The molecule has 0 aromatic carbocycles. The van der Waals surface area contributed by atoms with Gasteiger partial charge in [0.2, 0.25) is 0 Å². The Bertz CT molecular complexity index is 620. The van der Waals surface area contributed by atoms with Crippen LogP contribution >= 0.6 is 0 Å².